The summed E-state index contributed by atoms with van der Waals surface area (Å²) in [7, 11) is 1.70. The Morgan fingerprint density at radius 1 is 1.35 bits per heavy atom. The van der Waals surface area contributed by atoms with E-state index in [0.29, 0.717) is 12.0 Å². The second-order valence-electron chi connectivity index (χ2n) is 5.78. The molecule has 1 fully saturated rings. The van der Waals surface area contributed by atoms with Crippen LogP contribution in [0.4, 0.5) is 0 Å². The SMILES string of the molecule is COc1ccc(CCC(C)NCC2CCCOC2)cc1. The van der Waals surface area contributed by atoms with Gasteiger partial charge in [0, 0.05) is 19.2 Å². The van der Waals surface area contributed by atoms with Crippen LogP contribution in [0.3, 0.4) is 0 Å². The molecule has 2 unspecified atom stereocenters. The van der Waals surface area contributed by atoms with Gasteiger partial charge in [0.25, 0.3) is 0 Å². The van der Waals surface area contributed by atoms with Gasteiger partial charge in [0.05, 0.1) is 13.7 Å². The fourth-order valence-electron chi connectivity index (χ4n) is 2.61. The van der Waals surface area contributed by atoms with Crippen LogP contribution in [0.15, 0.2) is 24.3 Å². The third-order valence-corrected chi connectivity index (χ3v) is 4.03. The van der Waals surface area contributed by atoms with Crippen LogP contribution in [0.5, 0.6) is 5.75 Å². The third kappa shape index (κ3) is 5.14. The largest absolute Gasteiger partial charge is 0.497 e. The molecule has 1 aliphatic heterocycles. The summed E-state index contributed by atoms with van der Waals surface area (Å²) in [5, 5.41) is 3.64. The van der Waals surface area contributed by atoms with E-state index in [1.165, 1.54) is 24.8 Å². The monoisotopic (exact) mass is 277 g/mol. The van der Waals surface area contributed by atoms with Crippen LogP contribution in [-0.2, 0) is 11.2 Å². The normalized spacial score (nSPS) is 20.6. The summed E-state index contributed by atoms with van der Waals surface area (Å²) in [6.07, 6.45) is 4.80. The quantitative estimate of drug-likeness (QED) is 0.831. The van der Waals surface area contributed by atoms with E-state index >= 15 is 0 Å². The van der Waals surface area contributed by atoms with Crippen molar-refractivity contribution >= 4 is 0 Å². The standard InChI is InChI=1S/C17H27NO2/c1-14(18-12-16-4-3-11-20-13-16)5-6-15-7-9-17(19-2)10-8-15/h7-10,14,16,18H,3-6,11-13H2,1-2H3. The summed E-state index contributed by atoms with van der Waals surface area (Å²) in [6.45, 7) is 5.23. The molecule has 0 spiro atoms. The van der Waals surface area contributed by atoms with Gasteiger partial charge in [-0.1, -0.05) is 12.1 Å². The minimum atomic E-state index is 0.555. The van der Waals surface area contributed by atoms with Crippen molar-refractivity contribution in [2.24, 2.45) is 5.92 Å². The first-order valence-electron chi connectivity index (χ1n) is 7.72. The molecule has 1 aromatic rings. The van der Waals surface area contributed by atoms with Gasteiger partial charge in [0.15, 0.2) is 0 Å². The van der Waals surface area contributed by atoms with Crippen LogP contribution >= 0.6 is 0 Å². The molecule has 1 saturated heterocycles. The van der Waals surface area contributed by atoms with E-state index in [9.17, 15) is 0 Å². The zero-order valence-corrected chi connectivity index (χ0v) is 12.7. The molecular formula is C17H27NO2. The third-order valence-electron chi connectivity index (χ3n) is 4.03. The van der Waals surface area contributed by atoms with Crippen molar-refractivity contribution in [1.82, 2.24) is 5.32 Å². The minimum Gasteiger partial charge on any atom is -0.497 e. The fourth-order valence-corrected chi connectivity index (χ4v) is 2.61. The molecule has 0 bridgehead atoms. The molecule has 0 aromatic heterocycles. The lowest BCUT2D eigenvalue weighted by Gasteiger charge is -2.24. The minimum absolute atomic E-state index is 0.555. The molecule has 0 saturated carbocycles. The van der Waals surface area contributed by atoms with Gasteiger partial charge < -0.3 is 14.8 Å². The Kier molecular flexibility index (Phi) is 6.34. The highest BCUT2D eigenvalue weighted by Crippen LogP contribution is 2.14. The molecule has 20 heavy (non-hydrogen) atoms. The van der Waals surface area contributed by atoms with Crippen molar-refractivity contribution in [3.8, 4) is 5.75 Å². The lowest BCUT2D eigenvalue weighted by Crippen LogP contribution is -2.34. The van der Waals surface area contributed by atoms with E-state index in [4.69, 9.17) is 9.47 Å². The lowest BCUT2D eigenvalue weighted by molar-refractivity contribution is 0.0539. The van der Waals surface area contributed by atoms with Crippen LogP contribution in [0.2, 0.25) is 0 Å². The lowest BCUT2D eigenvalue weighted by atomic mass is 10.0. The molecule has 1 heterocycles. The van der Waals surface area contributed by atoms with Crippen molar-refractivity contribution in [2.75, 3.05) is 26.9 Å². The Balaban J connectivity index is 1.64. The first-order valence-corrected chi connectivity index (χ1v) is 7.72. The van der Waals surface area contributed by atoms with Gasteiger partial charge in [-0.3, -0.25) is 0 Å². The zero-order valence-electron chi connectivity index (χ0n) is 12.7. The highest BCUT2D eigenvalue weighted by molar-refractivity contribution is 5.27. The molecule has 112 valence electrons. The number of nitrogens with one attached hydrogen (secondary N) is 1. The highest BCUT2D eigenvalue weighted by atomic mass is 16.5. The number of aryl methyl sites for hydroxylation is 1. The van der Waals surface area contributed by atoms with Gasteiger partial charge in [-0.05, 0) is 56.2 Å². The van der Waals surface area contributed by atoms with Crippen molar-refractivity contribution in [1.29, 1.82) is 0 Å². The first-order chi connectivity index (χ1) is 9.78. The predicted molar refractivity (Wildman–Crippen MR) is 82.3 cm³/mol. The van der Waals surface area contributed by atoms with Crippen LogP contribution in [0, 0.1) is 5.92 Å². The van der Waals surface area contributed by atoms with Crippen molar-refractivity contribution in [3.63, 3.8) is 0 Å². The summed E-state index contributed by atoms with van der Waals surface area (Å²) in [4.78, 5) is 0. The molecule has 0 amide bonds. The molecule has 1 aromatic carbocycles. The zero-order chi connectivity index (χ0) is 14.2. The van der Waals surface area contributed by atoms with Gasteiger partial charge in [0.2, 0.25) is 0 Å². The van der Waals surface area contributed by atoms with E-state index in [-0.39, 0.29) is 0 Å². The Bertz CT molecular complexity index is 371. The van der Waals surface area contributed by atoms with Crippen molar-refractivity contribution < 1.29 is 9.47 Å². The average molecular weight is 277 g/mol. The van der Waals surface area contributed by atoms with Crippen LogP contribution in [-0.4, -0.2) is 32.9 Å². The second kappa shape index (κ2) is 8.28. The van der Waals surface area contributed by atoms with E-state index in [0.717, 1.165) is 31.9 Å². The summed E-state index contributed by atoms with van der Waals surface area (Å²) in [6, 6.07) is 8.93. The Labute approximate surface area is 122 Å². The Hall–Kier alpha value is -1.06. The van der Waals surface area contributed by atoms with Crippen molar-refractivity contribution in [3.05, 3.63) is 29.8 Å². The summed E-state index contributed by atoms with van der Waals surface area (Å²) < 4.78 is 10.7. The molecule has 0 radical (unpaired) electrons. The molecule has 2 atom stereocenters. The van der Waals surface area contributed by atoms with Crippen LogP contribution < -0.4 is 10.1 Å². The maximum Gasteiger partial charge on any atom is 0.118 e. The van der Waals surface area contributed by atoms with Gasteiger partial charge in [0.1, 0.15) is 5.75 Å². The van der Waals surface area contributed by atoms with Crippen LogP contribution in [0.25, 0.3) is 0 Å². The maximum absolute atomic E-state index is 5.51. The van der Waals surface area contributed by atoms with Crippen LogP contribution in [0.1, 0.15) is 31.7 Å². The van der Waals surface area contributed by atoms with Gasteiger partial charge in [-0.15, -0.1) is 0 Å². The van der Waals surface area contributed by atoms with E-state index in [1.54, 1.807) is 7.11 Å². The molecule has 1 N–H and O–H groups in total. The average Bonchev–Trinajstić information content (AvgIpc) is 2.52. The molecular weight excluding hydrogens is 250 g/mol. The number of ether oxygens (including phenoxy) is 2. The second-order valence-corrected chi connectivity index (χ2v) is 5.78. The van der Waals surface area contributed by atoms with Gasteiger partial charge in [-0.2, -0.15) is 0 Å². The molecule has 0 aliphatic carbocycles. The summed E-state index contributed by atoms with van der Waals surface area (Å²) in [5.74, 6) is 1.63. The molecule has 2 rings (SSSR count). The Morgan fingerprint density at radius 3 is 2.80 bits per heavy atom. The predicted octanol–water partition coefficient (Wildman–Crippen LogP) is 3.03. The number of rotatable bonds is 7. The molecule has 1 aliphatic rings. The van der Waals surface area contributed by atoms with Gasteiger partial charge >= 0.3 is 0 Å². The van der Waals surface area contributed by atoms with Gasteiger partial charge in [-0.25, -0.2) is 0 Å². The Morgan fingerprint density at radius 2 is 2.15 bits per heavy atom. The summed E-state index contributed by atoms with van der Waals surface area (Å²) >= 11 is 0. The maximum atomic E-state index is 5.51. The van der Waals surface area contributed by atoms with E-state index in [2.05, 4.69) is 24.4 Å². The molecule has 3 heteroatoms. The number of methoxy groups -OCH3 is 1. The van der Waals surface area contributed by atoms with Crippen molar-refractivity contribution in [2.45, 2.75) is 38.6 Å². The summed E-state index contributed by atoms with van der Waals surface area (Å²) in [5.41, 5.74) is 1.38. The highest BCUT2D eigenvalue weighted by Gasteiger charge is 2.14. The number of hydrogen-bond donors (Lipinski definition) is 1. The number of hydrogen-bond acceptors (Lipinski definition) is 3. The smallest absolute Gasteiger partial charge is 0.118 e. The topological polar surface area (TPSA) is 30.5 Å². The fraction of sp³-hybridized carbons (Fsp3) is 0.647. The first kappa shape index (κ1) is 15.3. The van der Waals surface area contributed by atoms with E-state index in [1.807, 2.05) is 12.1 Å². The number of benzene rings is 1. The molecule has 3 nitrogen and oxygen atoms in total. The van der Waals surface area contributed by atoms with E-state index < -0.39 is 0 Å².